The average molecular weight is 484 g/mol. The third-order valence-corrected chi connectivity index (χ3v) is 6.09. The first kappa shape index (κ1) is 20.3. The molecule has 0 bridgehead atoms. The van der Waals surface area contributed by atoms with Gasteiger partial charge in [-0.1, -0.05) is 28.1 Å². The number of rotatable bonds is 6. The Bertz CT molecular complexity index is 1240. The first-order valence-corrected chi connectivity index (χ1v) is 10.9. The van der Waals surface area contributed by atoms with E-state index in [2.05, 4.69) is 31.2 Å². The SMILES string of the molecule is CCOc1ccc(-c2c(C)sc3ncnc(Nc4ccc(Br)cc4C(=O)O)c23)cc1. The molecular weight excluding hydrogens is 466 g/mol. The molecule has 0 saturated carbocycles. The van der Waals surface area contributed by atoms with Crippen molar-refractivity contribution in [2.45, 2.75) is 13.8 Å². The highest BCUT2D eigenvalue weighted by Gasteiger charge is 2.19. The molecule has 4 aromatic rings. The van der Waals surface area contributed by atoms with Gasteiger partial charge in [-0.25, -0.2) is 14.8 Å². The highest BCUT2D eigenvalue weighted by atomic mass is 79.9. The minimum absolute atomic E-state index is 0.158. The first-order chi connectivity index (χ1) is 14.5. The van der Waals surface area contributed by atoms with Crippen molar-refractivity contribution in [3.05, 3.63) is 63.7 Å². The molecule has 30 heavy (non-hydrogen) atoms. The molecule has 2 aromatic heterocycles. The summed E-state index contributed by atoms with van der Waals surface area (Å²) in [6.07, 6.45) is 1.49. The summed E-state index contributed by atoms with van der Waals surface area (Å²) >= 11 is 4.91. The second kappa shape index (κ2) is 8.41. The minimum Gasteiger partial charge on any atom is -0.494 e. The van der Waals surface area contributed by atoms with Gasteiger partial charge in [-0.2, -0.15) is 0 Å². The lowest BCUT2D eigenvalue weighted by Gasteiger charge is -2.12. The van der Waals surface area contributed by atoms with Crippen molar-refractivity contribution in [1.29, 1.82) is 0 Å². The van der Waals surface area contributed by atoms with Crippen molar-refractivity contribution < 1.29 is 14.6 Å². The quantitative estimate of drug-likeness (QED) is 0.336. The maximum atomic E-state index is 11.7. The van der Waals surface area contributed by atoms with E-state index in [1.54, 1.807) is 29.5 Å². The largest absolute Gasteiger partial charge is 0.494 e. The van der Waals surface area contributed by atoms with Crippen LogP contribution in [0.4, 0.5) is 11.5 Å². The summed E-state index contributed by atoms with van der Waals surface area (Å²) in [5, 5.41) is 13.7. The molecule has 4 rings (SSSR count). The molecule has 0 fully saturated rings. The van der Waals surface area contributed by atoms with Gasteiger partial charge in [0.25, 0.3) is 0 Å². The van der Waals surface area contributed by atoms with E-state index in [0.717, 1.165) is 32.0 Å². The molecule has 2 aromatic carbocycles. The number of carboxylic acids is 1. The molecule has 0 amide bonds. The summed E-state index contributed by atoms with van der Waals surface area (Å²) in [7, 11) is 0. The normalized spacial score (nSPS) is 10.9. The summed E-state index contributed by atoms with van der Waals surface area (Å²) in [6.45, 7) is 4.61. The number of nitrogens with one attached hydrogen (secondary N) is 1. The van der Waals surface area contributed by atoms with Gasteiger partial charge in [0, 0.05) is 14.9 Å². The van der Waals surface area contributed by atoms with Crippen molar-refractivity contribution in [2.75, 3.05) is 11.9 Å². The van der Waals surface area contributed by atoms with Crippen molar-refractivity contribution in [3.8, 4) is 16.9 Å². The highest BCUT2D eigenvalue weighted by molar-refractivity contribution is 9.10. The smallest absolute Gasteiger partial charge is 0.337 e. The zero-order valence-electron chi connectivity index (χ0n) is 16.3. The summed E-state index contributed by atoms with van der Waals surface area (Å²) in [6, 6.07) is 13.0. The van der Waals surface area contributed by atoms with Crippen LogP contribution < -0.4 is 10.1 Å². The number of anilines is 2. The lowest BCUT2D eigenvalue weighted by Crippen LogP contribution is -2.04. The lowest BCUT2D eigenvalue weighted by molar-refractivity contribution is 0.0698. The van der Waals surface area contributed by atoms with Gasteiger partial charge >= 0.3 is 5.97 Å². The molecule has 2 heterocycles. The number of halogens is 1. The average Bonchev–Trinajstić information content (AvgIpc) is 3.07. The molecule has 0 aliphatic heterocycles. The summed E-state index contributed by atoms with van der Waals surface area (Å²) in [5.41, 5.74) is 2.67. The third-order valence-electron chi connectivity index (χ3n) is 4.58. The van der Waals surface area contributed by atoms with Crippen LogP contribution in [0.3, 0.4) is 0 Å². The number of benzene rings is 2. The van der Waals surface area contributed by atoms with E-state index in [1.165, 1.54) is 6.33 Å². The van der Waals surface area contributed by atoms with Gasteiger partial charge in [-0.15, -0.1) is 11.3 Å². The number of aromatic carboxylic acids is 1. The lowest BCUT2D eigenvalue weighted by atomic mass is 10.0. The van der Waals surface area contributed by atoms with E-state index in [-0.39, 0.29) is 5.56 Å². The number of nitrogens with zero attached hydrogens (tertiary/aromatic N) is 2. The number of hydrogen-bond acceptors (Lipinski definition) is 6. The topological polar surface area (TPSA) is 84.3 Å². The number of thiophene rings is 1. The molecule has 0 radical (unpaired) electrons. The highest BCUT2D eigenvalue weighted by Crippen LogP contribution is 2.41. The van der Waals surface area contributed by atoms with Gasteiger partial charge in [0.05, 0.1) is 23.2 Å². The second-order valence-corrected chi connectivity index (χ2v) is 8.63. The Morgan fingerprint density at radius 3 is 2.67 bits per heavy atom. The fraction of sp³-hybridized carbons (Fsp3) is 0.136. The number of carboxylic acid groups (broad SMARTS) is 1. The third kappa shape index (κ3) is 3.88. The van der Waals surface area contributed by atoms with Gasteiger partial charge < -0.3 is 15.2 Å². The summed E-state index contributed by atoms with van der Waals surface area (Å²) in [4.78, 5) is 22.5. The van der Waals surface area contributed by atoms with Crippen LogP contribution in [0.5, 0.6) is 5.75 Å². The maximum Gasteiger partial charge on any atom is 0.337 e. The summed E-state index contributed by atoms with van der Waals surface area (Å²) in [5.74, 6) is 0.365. The number of hydrogen-bond donors (Lipinski definition) is 2. The van der Waals surface area contributed by atoms with Crippen LogP contribution in [0.15, 0.2) is 53.3 Å². The number of carbonyl (C=O) groups is 1. The van der Waals surface area contributed by atoms with E-state index in [9.17, 15) is 9.90 Å². The number of aryl methyl sites for hydroxylation is 1. The van der Waals surface area contributed by atoms with Gasteiger partial charge in [-0.05, 0) is 49.7 Å². The second-order valence-electron chi connectivity index (χ2n) is 6.51. The van der Waals surface area contributed by atoms with E-state index < -0.39 is 5.97 Å². The number of ether oxygens (including phenoxy) is 1. The molecule has 8 heteroatoms. The molecule has 152 valence electrons. The predicted octanol–water partition coefficient (Wildman–Crippen LogP) is 6.27. The molecule has 2 N–H and O–H groups in total. The monoisotopic (exact) mass is 483 g/mol. The van der Waals surface area contributed by atoms with E-state index in [4.69, 9.17) is 4.74 Å². The first-order valence-electron chi connectivity index (χ1n) is 9.25. The van der Waals surface area contributed by atoms with Crippen LogP contribution in [0.1, 0.15) is 22.2 Å². The Labute approximate surface area is 185 Å². The molecule has 0 aliphatic carbocycles. The van der Waals surface area contributed by atoms with Crippen molar-refractivity contribution in [3.63, 3.8) is 0 Å². The maximum absolute atomic E-state index is 11.7. The zero-order valence-corrected chi connectivity index (χ0v) is 18.7. The molecule has 0 saturated heterocycles. The van der Waals surface area contributed by atoms with E-state index in [0.29, 0.717) is 22.6 Å². The van der Waals surface area contributed by atoms with Crippen LogP contribution in [0, 0.1) is 6.92 Å². The molecule has 6 nitrogen and oxygen atoms in total. The Balaban J connectivity index is 1.84. The van der Waals surface area contributed by atoms with Crippen LogP contribution in [-0.4, -0.2) is 27.7 Å². The van der Waals surface area contributed by atoms with Crippen LogP contribution >= 0.6 is 27.3 Å². The van der Waals surface area contributed by atoms with Crippen LogP contribution in [-0.2, 0) is 0 Å². The molecular formula is C22H18BrN3O3S. The number of fused-ring (bicyclic) bond motifs is 1. The van der Waals surface area contributed by atoms with Crippen molar-refractivity contribution in [2.24, 2.45) is 0 Å². The number of aromatic nitrogens is 2. The predicted molar refractivity (Wildman–Crippen MR) is 123 cm³/mol. The van der Waals surface area contributed by atoms with Gasteiger partial charge in [0.1, 0.15) is 22.7 Å². The van der Waals surface area contributed by atoms with Crippen molar-refractivity contribution >= 4 is 55.0 Å². The molecule has 0 spiro atoms. The van der Waals surface area contributed by atoms with Gasteiger partial charge in [0.15, 0.2) is 0 Å². The molecule has 0 unspecified atom stereocenters. The molecule has 0 atom stereocenters. The Morgan fingerprint density at radius 1 is 1.20 bits per heavy atom. The Morgan fingerprint density at radius 2 is 1.97 bits per heavy atom. The fourth-order valence-corrected chi connectivity index (χ4v) is 4.67. The van der Waals surface area contributed by atoms with E-state index >= 15 is 0 Å². The Kier molecular flexibility index (Phi) is 5.69. The van der Waals surface area contributed by atoms with E-state index in [1.807, 2.05) is 38.1 Å². The van der Waals surface area contributed by atoms with Gasteiger partial charge in [-0.3, -0.25) is 0 Å². The Hall–Kier alpha value is -2.97. The van der Waals surface area contributed by atoms with Crippen molar-refractivity contribution in [1.82, 2.24) is 9.97 Å². The minimum atomic E-state index is -1.02. The standard InChI is InChI=1S/C22H18BrN3O3S/c1-3-29-15-7-4-13(5-8-15)18-12(2)30-21-19(18)20(24-11-25-21)26-17-9-6-14(23)10-16(17)22(27)28/h4-11H,3H2,1-2H3,(H,27,28)(H,24,25,26). The van der Waals surface area contributed by atoms with Gasteiger partial charge in [0.2, 0.25) is 0 Å². The fourth-order valence-electron chi connectivity index (χ4n) is 3.30. The van der Waals surface area contributed by atoms with Crippen LogP contribution in [0.2, 0.25) is 0 Å². The zero-order chi connectivity index (χ0) is 21.3. The van der Waals surface area contributed by atoms with Crippen LogP contribution in [0.25, 0.3) is 21.3 Å². The molecule has 0 aliphatic rings. The summed E-state index contributed by atoms with van der Waals surface area (Å²) < 4.78 is 6.24.